The SMILES string of the molecule is CCCN(C(=O)c1cnnn1C)[C@H]1CCCN(Cc2ccccc2)C1. The van der Waals surface area contributed by atoms with Crippen LogP contribution in [0.25, 0.3) is 0 Å². The first-order valence-electron chi connectivity index (χ1n) is 9.11. The minimum atomic E-state index is 0.0425. The molecule has 6 nitrogen and oxygen atoms in total. The molecule has 0 saturated carbocycles. The zero-order valence-electron chi connectivity index (χ0n) is 15.1. The molecule has 1 aromatic heterocycles. The summed E-state index contributed by atoms with van der Waals surface area (Å²) in [7, 11) is 1.77. The zero-order valence-corrected chi connectivity index (χ0v) is 15.1. The fourth-order valence-corrected chi connectivity index (χ4v) is 3.59. The predicted octanol–water partition coefficient (Wildman–Crippen LogP) is 2.33. The molecule has 2 aromatic rings. The lowest BCUT2D eigenvalue weighted by Crippen LogP contribution is -2.50. The first-order valence-corrected chi connectivity index (χ1v) is 9.11. The fraction of sp³-hybridized carbons (Fsp3) is 0.526. The van der Waals surface area contributed by atoms with Gasteiger partial charge in [0.05, 0.1) is 6.20 Å². The Morgan fingerprint density at radius 1 is 1.32 bits per heavy atom. The Balaban J connectivity index is 1.70. The van der Waals surface area contributed by atoms with E-state index in [1.165, 1.54) is 5.56 Å². The summed E-state index contributed by atoms with van der Waals surface area (Å²) in [6.45, 7) is 5.84. The third kappa shape index (κ3) is 4.25. The van der Waals surface area contributed by atoms with Gasteiger partial charge in [-0.25, -0.2) is 4.68 Å². The Labute approximate surface area is 149 Å². The summed E-state index contributed by atoms with van der Waals surface area (Å²) < 4.78 is 1.57. The van der Waals surface area contributed by atoms with Crippen LogP contribution in [0.2, 0.25) is 0 Å². The van der Waals surface area contributed by atoms with Gasteiger partial charge in [-0.3, -0.25) is 9.69 Å². The monoisotopic (exact) mass is 341 g/mol. The summed E-state index contributed by atoms with van der Waals surface area (Å²) in [5.74, 6) is 0.0425. The number of hydrogen-bond donors (Lipinski definition) is 0. The molecule has 134 valence electrons. The maximum atomic E-state index is 13.0. The number of benzene rings is 1. The lowest BCUT2D eigenvalue weighted by Gasteiger charge is -2.39. The van der Waals surface area contributed by atoms with Gasteiger partial charge in [-0.1, -0.05) is 42.5 Å². The van der Waals surface area contributed by atoms with Gasteiger partial charge in [0, 0.05) is 32.7 Å². The van der Waals surface area contributed by atoms with Crippen LogP contribution in [0.1, 0.15) is 42.2 Å². The molecule has 1 amide bonds. The van der Waals surface area contributed by atoms with Gasteiger partial charge in [0.25, 0.3) is 5.91 Å². The van der Waals surface area contributed by atoms with E-state index in [2.05, 4.69) is 46.4 Å². The van der Waals surface area contributed by atoms with Crippen LogP contribution >= 0.6 is 0 Å². The van der Waals surface area contributed by atoms with Gasteiger partial charge in [-0.15, -0.1) is 5.10 Å². The molecule has 25 heavy (non-hydrogen) atoms. The number of carbonyl (C=O) groups is 1. The Morgan fingerprint density at radius 2 is 2.12 bits per heavy atom. The van der Waals surface area contributed by atoms with Gasteiger partial charge in [0.2, 0.25) is 0 Å². The van der Waals surface area contributed by atoms with E-state index >= 15 is 0 Å². The third-order valence-corrected chi connectivity index (χ3v) is 4.83. The van der Waals surface area contributed by atoms with E-state index in [1.54, 1.807) is 17.9 Å². The topological polar surface area (TPSA) is 54.3 Å². The molecule has 0 aliphatic carbocycles. The van der Waals surface area contributed by atoms with E-state index in [0.29, 0.717) is 5.69 Å². The van der Waals surface area contributed by atoms with Gasteiger partial charge in [0.1, 0.15) is 5.69 Å². The van der Waals surface area contributed by atoms with Crippen molar-refractivity contribution >= 4 is 5.91 Å². The molecule has 0 unspecified atom stereocenters. The normalized spacial score (nSPS) is 18.2. The number of piperidine rings is 1. The lowest BCUT2D eigenvalue weighted by atomic mass is 10.0. The van der Waals surface area contributed by atoms with Crippen molar-refractivity contribution in [2.45, 2.75) is 38.8 Å². The first-order chi connectivity index (χ1) is 12.2. The summed E-state index contributed by atoms with van der Waals surface area (Å²) in [5, 5.41) is 7.76. The lowest BCUT2D eigenvalue weighted by molar-refractivity contribution is 0.0524. The largest absolute Gasteiger partial charge is 0.333 e. The van der Waals surface area contributed by atoms with Crippen molar-refractivity contribution in [3.05, 3.63) is 47.8 Å². The van der Waals surface area contributed by atoms with Crippen molar-refractivity contribution in [3.63, 3.8) is 0 Å². The predicted molar refractivity (Wildman–Crippen MR) is 97.1 cm³/mol. The maximum absolute atomic E-state index is 13.0. The number of amides is 1. The summed E-state index contributed by atoms with van der Waals surface area (Å²) in [5.41, 5.74) is 1.89. The van der Waals surface area contributed by atoms with Gasteiger partial charge in [-0.2, -0.15) is 0 Å². The van der Waals surface area contributed by atoms with E-state index in [9.17, 15) is 4.79 Å². The molecule has 1 saturated heterocycles. The average Bonchev–Trinajstić information content (AvgIpc) is 3.06. The van der Waals surface area contributed by atoms with E-state index in [-0.39, 0.29) is 11.9 Å². The third-order valence-electron chi connectivity index (χ3n) is 4.83. The van der Waals surface area contributed by atoms with Gasteiger partial charge in [0.15, 0.2) is 0 Å². The first kappa shape index (κ1) is 17.6. The maximum Gasteiger partial charge on any atom is 0.274 e. The van der Waals surface area contributed by atoms with Crippen molar-refractivity contribution in [1.29, 1.82) is 0 Å². The van der Waals surface area contributed by atoms with Crippen LogP contribution in [-0.2, 0) is 13.6 Å². The van der Waals surface area contributed by atoms with Gasteiger partial charge >= 0.3 is 0 Å². The van der Waals surface area contributed by atoms with E-state index in [0.717, 1.165) is 45.4 Å². The molecular weight excluding hydrogens is 314 g/mol. The number of carbonyl (C=O) groups excluding carboxylic acids is 1. The molecule has 3 rings (SSSR count). The fourth-order valence-electron chi connectivity index (χ4n) is 3.59. The molecule has 1 aliphatic heterocycles. The molecule has 0 N–H and O–H groups in total. The number of hydrogen-bond acceptors (Lipinski definition) is 4. The summed E-state index contributed by atoms with van der Waals surface area (Å²) in [6.07, 6.45) is 4.69. The molecule has 0 radical (unpaired) electrons. The van der Waals surface area contributed by atoms with Crippen molar-refractivity contribution in [2.75, 3.05) is 19.6 Å². The molecule has 1 fully saturated rings. The number of aromatic nitrogens is 3. The second-order valence-corrected chi connectivity index (χ2v) is 6.76. The second kappa shape index (κ2) is 8.25. The summed E-state index contributed by atoms with van der Waals surface area (Å²) in [4.78, 5) is 17.5. The molecule has 1 aromatic carbocycles. The Morgan fingerprint density at radius 3 is 2.80 bits per heavy atom. The van der Waals surface area contributed by atoms with Crippen molar-refractivity contribution < 1.29 is 4.79 Å². The van der Waals surface area contributed by atoms with Crippen molar-refractivity contribution in [1.82, 2.24) is 24.8 Å². The molecule has 2 heterocycles. The van der Waals surface area contributed by atoms with E-state index in [1.807, 2.05) is 11.0 Å². The van der Waals surface area contributed by atoms with Crippen LogP contribution in [0.3, 0.4) is 0 Å². The van der Waals surface area contributed by atoms with Crippen molar-refractivity contribution in [3.8, 4) is 0 Å². The molecule has 1 atom stereocenters. The smallest absolute Gasteiger partial charge is 0.274 e. The minimum absolute atomic E-state index is 0.0425. The average molecular weight is 341 g/mol. The van der Waals surface area contributed by atoms with Crippen LogP contribution in [-0.4, -0.2) is 56.4 Å². The van der Waals surface area contributed by atoms with E-state index < -0.39 is 0 Å². The number of nitrogens with zero attached hydrogens (tertiary/aromatic N) is 5. The molecule has 1 aliphatic rings. The zero-order chi connectivity index (χ0) is 17.6. The number of rotatable bonds is 6. The van der Waals surface area contributed by atoms with Gasteiger partial charge in [-0.05, 0) is 31.4 Å². The van der Waals surface area contributed by atoms with Crippen LogP contribution in [0.15, 0.2) is 36.5 Å². The molecule has 6 heteroatoms. The molecule has 0 bridgehead atoms. The van der Waals surface area contributed by atoms with Gasteiger partial charge < -0.3 is 4.90 Å². The number of aryl methyl sites for hydroxylation is 1. The molecule has 0 spiro atoms. The highest BCUT2D eigenvalue weighted by Crippen LogP contribution is 2.20. The van der Waals surface area contributed by atoms with E-state index in [4.69, 9.17) is 0 Å². The summed E-state index contributed by atoms with van der Waals surface area (Å²) in [6, 6.07) is 10.8. The Bertz CT molecular complexity index is 684. The Kier molecular flexibility index (Phi) is 5.81. The minimum Gasteiger partial charge on any atom is -0.333 e. The highest BCUT2D eigenvalue weighted by molar-refractivity contribution is 5.92. The Hall–Kier alpha value is -2.21. The van der Waals surface area contributed by atoms with Crippen LogP contribution < -0.4 is 0 Å². The quantitative estimate of drug-likeness (QED) is 0.809. The number of likely N-dealkylation sites (tertiary alicyclic amines) is 1. The highest BCUT2D eigenvalue weighted by Gasteiger charge is 2.30. The van der Waals surface area contributed by atoms with Crippen LogP contribution in [0.4, 0.5) is 0 Å². The second-order valence-electron chi connectivity index (χ2n) is 6.76. The van der Waals surface area contributed by atoms with Crippen LogP contribution in [0, 0.1) is 0 Å². The van der Waals surface area contributed by atoms with Crippen molar-refractivity contribution in [2.24, 2.45) is 7.05 Å². The van der Waals surface area contributed by atoms with Crippen LogP contribution in [0.5, 0.6) is 0 Å². The standard InChI is InChI=1S/C19H27N5O/c1-3-11-24(19(25)18-13-20-21-22(18)2)17-10-7-12-23(15-17)14-16-8-5-4-6-9-16/h4-6,8-9,13,17H,3,7,10-12,14-15H2,1-2H3/t17-/m0/s1. The summed E-state index contributed by atoms with van der Waals surface area (Å²) >= 11 is 0. The molecular formula is C19H27N5O. The highest BCUT2D eigenvalue weighted by atomic mass is 16.2.